The van der Waals surface area contributed by atoms with Crippen LogP contribution in [0.15, 0.2) is 6.33 Å². The molecule has 86 valence electrons. The highest BCUT2D eigenvalue weighted by Gasteiger charge is 2.29. The Balaban J connectivity index is 1.65. The van der Waals surface area contributed by atoms with Crippen molar-refractivity contribution in [2.45, 2.75) is 25.3 Å². The maximum Gasteiger partial charge on any atom is 0.244 e. The minimum Gasteiger partial charge on any atom is -0.305 e. The predicted octanol–water partition coefficient (Wildman–Crippen LogP) is -1.26. The van der Waals surface area contributed by atoms with E-state index in [0.717, 1.165) is 18.7 Å². The van der Waals surface area contributed by atoms with Gasteiger partial charge in [-0.1, -0.05) is 0 Å². The van der Waals surface area contributed by atoms with Gasteiger partial charge < -0.3 is 5.32 Å². The second-order valence-electron chi connectivity index (χ2n) is 3.66. The highest BCUT2D eigenvalue weighted by molar-refractivity contribution is 6.05. The van der Waals surface area contributed by atoms with Crippen molar-refractivity contribution < 1.29 is 9.59 Å². The van der Waals surface area contributed by atoms with Crippen LogP contribution in [0.2, 0.25) is 0 Å². The van der Waals surface area contributed by atoms with Crippen molar-refractivity contribution in [2.24, 2.45) is 0 Å². The number of rotatable bonds is 5. The largest absolute Gasteiger partial charge is 0.305 e. The molecule has 1 aliphatic heterocycles. The summed E-state index contributed by atoms with van der Waals surface area (Å²) in [5.74, 6) is 0.385. The molecule has 16 heavy (non-hydrogen) atoms. The Labute approximate surface area is 92.0 Å². The molecule has 1 saturated heterocycles. The van der Waals surface area contributed by atoms with Crippen LogP contribution in [0.3, 0.4) is 0 Å². The zero-order chi connectivity index (χ0) is 11.4. The Kier molecular flexibility index (Phi) is 3.25. The molecule has 1 aliphatic rings. The van der Waals surface area contributed by atoms with Crippen LogP contribution in [-0.2, 0) is 16.0 Å². The van der Waals surface area contributed by atoms with Crippen LogP contribution >= 0.6 is 0 Å². The van der Waals surface area contributed by atoms with Gasteiger partial charge in [-0.15, -0.1) is 0 Å². The summed E-state index contributed by atoms with van der Waals surface area (Å²) in [6.45, 7) is 0.673. The quantitative estimate of drug-likeness (QED) is 0.427. The molecule has 2 amide bonds. The van der Waals surface area contributed by atoms with Gasteiger partial charge in [-0.3, -0.25) is 20.0 Å². The van der Waals surface area contributed by atoms with E-state index in [0.29, 0.717) is 6.54 Å². The standard InChI is InChI=1S/C9H13N5O2/c15-8-4-6(9(16)13-8)10-3-1-2-7-11-5-12-14-7/h5-6,10H,1-4H2,(H,11,12,14)(H,13,15,16). The fourth-order valence-corrected chi connectivity index (χ4v) is 1.60. The van der Waals surface area contributed by atoms with Crippen molar-refractivity contribution in [1.82, 2.24) is 25.8 Å². The highest BCUT2D eigenvalue weighted by atomic mass is 16.2. The van der Waals surface area contributed by atoms with Gasteiger partial charge >= 0.3 is 0 Å². The molecule has 3 N–H and O–H groups in total. The minimum atomic E-state index is -0.373. The van der Waals surface area contributed by atoms with Crippen LogP contribution in [0.25, 0.3) is 0 Å². The fourth-order valence-electron chi connectivity index (χ4n) is 1.60. The lowest BCUT2D eigenvalue weighted by Crippen LogP contribution is -2.36. The molecule has 0 radical (unpaired) electrons. The molecule has 2 heterocycles. The summed E-state index contributed by atoms with van der Waals surface area (Å²) < 4.78 is 0. The first-order valence-corrected chi connectivity index (χ1v) is 5.17. The lowest BCUT2D eigenvalue weighted by molar-refractivity contribution is -0.125. The fraction of sp³-hybridized carbons (Fsp3) is 0.556. The molecule has 0 aliphatic carbocycles. The molecular formula is C9H13N5O2. The number of aromatic amines is 1. The number of hydrogen-bond acceptors (Lipinski definition) is 5. The summed E-state index contributed by atoms with van der Waals surface area (Å²) in [5.41, 5.74) is 0. The van der Waals surface area contributed by atoms with E-state index in [1.165, 1.54) is 6.33 Å². The summed E-state index contributed by atoms with van der Waals surface area (Å²) in [5, 5.41) is 11.8. The molecule has 0 bridgehead atoms. The number of imide groups is 1. The van der Waals surface area contributed by atoms with Crippen molar-refractivity contribution in [3.05, 3.63) is 12.2 Å². The van der Waals surface area contributed by atoms with Gasteiger partial charge in [-0.2, -0.15) is 5.10 Å². The predicted molar refractivity (Wildman–Crippen MR) is 54.3 cm³/mol. The second kappa shape index (κ2) is 4.84. The number of nitrogens with one attached hydrogen (secondary N) is 3. The van der Waals surface area contributed by atoms with Gasteiger partial charge in [0.1, 0.15) is 12.2 Å². The molecule has 2 rings (SSSR count). The molecule has 7 nitrogen and oxygen atoms in total. The van der Waals surface area contributed by atoms with Gasteiger partial charge in [0, 0.05) is 6.42 Å². The lowest BCUT2D eigenvalue weighted by Gasteiger charge is -2.07. The zero-order valence-electron chi connectivity index (χ0n) is 8.69. The first kappa shape index (κ1) is 10.7. The number of aromatic nitrogens is 3. The topological polar surface area (TPSA) is 99.8 Å². The SMILES string of the molecule is O=C1CC(NCCCc2ncn[nH]2)C(=O)N1. The van der Waals surface area contributed by atoms with Crippen molar-refractivity contribution >= 4 is 11.8 Å². The number of aryl methyl sites for hydroxylation is 1. The van der Waals surface area contributed by atoms with E-state index in [9.17, 15) is 9.59 Å². The van der Waals surface area contributed by atoms with E-state index in [-0.39, 0.29) is 24.3 Å². The minimum absolute atomic E-state index is 0.210. The molecule has 0 saturated carbocycles. The molecule has 0 aromatic carbocycles. The Morgan fingerprint density at radius 2 is 2.38 bits per heavy atom. The van der Waals surface area contributed by atoms with Crippen LogP contribution in [-0.4, -0.2) is 39.6 Å². The summed E-state index contributed by atoms with van der Waals surface area (Å²) in [6, 6.07) is -0.373. The van der Waals surface area contributed by atoms with E-state index < -0.39 is 0 Å². The second-order valence-corrected chi connectivity index (χ2v) is 3.66. The van der Waals surface area contributed by atoms with Crippen molar-refractivity contribution in [3.63, 3.8) is 0 Å². The Hall–Kier alpha value is -1.76. The van der Waals surface area contributed by atoms with Gasteiger partial charge in [0.2, 0.25) is 11.8 Å². The molecular weight excluding hydrogens is 210 g/mol. The Bertz CT molecular complexity index is 375. The molecule has 1 aromatic rings. The van der Waals surface area contributed by atoms with Gasteiger partial charge in [0.25, 0.3) is 0 Å². The van der Waals surface area contributed by atoms with Gasteiger partial charge in [0.05, 0.1) is 12.5 Å². The number of nitrogens with zero attached hydrogens (tertiary/aromatic N) is 2. The maximum atomic E-state index is 11.2. The average molecular weight is 223 g/mol. The Morgan fingerprint density at radius 3 is 3.00 bits per heavy atom. The Morgan fingerprint density at radius 1 is 1.50 bits per heavy atom. The van der Waals surface area contributed by atoms with Crippen LogP contribution < -0.4 is 10.6 Å². The third kappa shape index (κ3) is 2.63. The average Bonchev–Trinajstić information content (AvgIpc) is 2.84. The van der Waals surface area contributed by atoms with Gasteiger partial charge in [-0.25, -0.2) is 4.98 Å². The number of amides is 2. The van der Waals surface area contributed by atoms with E-state index in [1.54, 1.807) is 0 Å². The van der Waals surface area contributed by atoms with E-state index in [1.807, 2.05) is 0 Å². The highest BCUT2D eigenvalue weighted by Crippen LogP contribution is 2.01. The summed E-state index contributed by atoms with van der Waals surface area (Å²) in [7, 11) is 0. The van der Waals surface area contributed by atoms with Crippen LogP contribution in [0.4, 0.5) is 0 Å². The van der Waals surface area contributed by atoms with Gasteiger partial charge in [-0.05, 0) is 13.0 Å². The van der Waals surface area contributed by atoms with Gasteiger partial charge in [0.15, 0.2) is 0 Å². The third-order valence-electron chi connectivity index (χ3n) is 2.41. The summed E-state index contributed by atoms with van der Waals surface area (Å²) >= 11 is 0. The molecule has 0 spiro atoms. The monoisotopic (exact) mass is 223 g/mol. The normalized spacial score (nSPS) is 20.1. The van der Waals surface area contributed by atoms with E-state index in [4.69, 9.17) is 0 Å². The number of hydrogen-bond donors (Lipinski definition) is 3. The first-order chi connectivity index (χ1) is 7.75. The molecule has 1 unspecified atom stereocenters. The molecule has 1 aromatic heterocycles. The maximum absolute atomic E-state index is 11.2. The van der Waals surface area contributed by atoms with Crippen LogP contribution in [0, 0.1) is 0 Å². The van der Waals surface area contributed by atoms with Crippen molar-refractivity contribution in [3.8, 4) is 0 Å². The first-order valence-electron chi connectivity index (χ1n) is 5.17. The smallest absolute Gasteiger partial charge is 0.244 e. The van der Waals surface area contributed by atoms with Crippen LogP contribution in [0.5, 0.6) is 0 Å². The molecule has 1 fully saturated rings. The van der Waals surface area contributed by atoms with Crippen molar-refractivity contribution in [2.75, 3.05) is 6.54 Å². The lowest BCUT2D eigenvalue weighted by atomic mass is 10.2. The molecule has 7 heteroatoms. The molecule has 1 atom stereocenters. The number of carbonyl (C=O) groups excluding carboxylic acids is 2. The third-order valence-corrected chi connectivity index (χ3v) is 2.41. The van der Waals surface area contributed by atoms with Crippen LogP contribution in [0.1, 0.15) is 18.7 Å². The van der Waals surface area contributed by atoms with E-state index >= 15 is 0 Å². The number of H-pyrrole nitrogens is 1. The summed E-state index contributed by atoms with van der Waals surface area (Å²) in [6.07, 6.45) is 3.31. The van der Waals surface area contributed by atoms with E-state index in [2.05, 4.69) is 25.8 Å². The summed E-state index contributed by atoms with van der Waals surface area (Å²) in [4.78, 5) is 26.1. The number of carbonyl (C=O) groups is 2. The van der Waals surface area contributed by atoms with Crippen molar-refractivity contribution in [1.29, 1.82) is 0 Å². The zero-order valence-corrected chi connectivity index (χ0v) is 8.69.